The molecule has 10 heteroatoms. The number of imide groups is 1. The van der Waals surface area contributed by atoms with Crippen molar-refractivity contribution in [3.8, 4) is 0 Å². The van der Waals surface area contributed by atoms with Crippen LogP contribution in [0.5, 0.6) is 0 Å². The Morgan fingerprint density at radius 1 is 1.17 bits per heavy atom. The summed E-state index contributed by atoms with van der Waals surface area (Å²) in [7, 11) is 0. The monoisotopic (exact) mass is 325 g/mol. The molecule has 2 aromatic heterocycles. The van der Waals surface area contributed by atoms with Crippen LogP contribution in [-0.4, -0.2) is 39.3 Å². The molecule has 2 aliphatic rings. The van der Waals surface area contributed by atoms with Gasteiger partial charge in [-0.1, -0.05) is 0 Å². The van der Waals surface area contributed by atoms with E-state index in [2.05, 4.69) is 15.3 Å². The Kier molecular flexibility index (Phi) is 2.69. The third-order valence-corrected chi connectivity index (χ3v) is 4.19. The third-order valence-electron chi connectivity index (χ3n) is 4.19. The number of alkyl halides is 3. The van der Waals surface area contributed by atoms with Crippen LogP contribution in [0.15, 0.2) is 18.6 Å². The highest BCUT2D eigenvalue weighted by molar-refractivity contribution is 6.06. The van der Waals surface area contributed by atoms with Crippen molar-refractivity contribution in [1.82, 2.24) is 19.7 Å². The maximum atomic E-state index is 12.8. The Hall–Kier alpha value is -2.65. The van der Waals surface area contributed by atoms with Crippen molar-refractivity contribution >= 4 is 23.3 Å². The SMILES string of the molecule is O=C1NC(=O)C2CN(c3nccn4cc(C(F)(F)F)nc34)CC12. The fourth-order valence-electron chi connectivity index (χ4n) is 3.08. The van der Waals surface area contributed by atoms with Gasteiger partial charge in [-0.25, -0.2) is 9.97 Å². The highest BCUT2D eigenvalue weighted by Gasteiger charge is 2.48. The van der Waals surface area contributed by atoms with Crippen molar-refractivity contribution in [3.05, 3.63) is 24.3 Å². The first-order valence-corrected chi connectivity index (χ1v) is 6.85. The van der Waals surface area contributed by atoms with Crippen LogP contribution in [0, 0.1) is 11.8 Å². The van der Waals surface area contributed by atoms with Gasteiger partial charge in [0.25, 0.3) is 0 Å². The Balaban J connectivity index is 1.74. The van der Waals surface area contributed by atoms with Gasteiger partial charge in [0.1, 0.15) is 0 Å². The van der Waals surface area contributed by atoms with Crippen LogP contribution in [0.4, 0.5) is 19.0 Å². The van der Waals surface area contributed by atoms with Crippen LogP contribution in [0.1, 0.15) is 5.69 Å². The number of hydrogen-bond donors (Lipinski definition) is 1. The molecule has 1 N–H and O–H groups in total. The van der Waals surface area contributed by atoms with E-state index in [0.29, 0.717) is 0 Å². The van der Waals surface area contributed by atoms with Gasteiger partial charge in [-0.3, -0.25) is 14.9 Å². The van der Waals surface area contributed by atoms with Crippen LogP contribution < -0.4 is 10.2 Å². The van der Waals surface area contributed by atoms with E-state index in [4.69, 9.17) is 0 Å². The van der Waals surface area contributed by atoms with E-state index in [1.54, 1.807) is 4.90 Å². The maximum absolute atomic E-state index is 12.8. The van der Waals surface area contributed by atoms with Gasteiger partial charge in [-0.2, -0.15) is 13.2 Å². The normalized spacial score (nSPS) is 24.4. The molecule has 4 rings (SSSR count). The Bertz CT molecular complexity index is 809. The molecule has 0 bridgehead atoms. The van der Waals surface area contributed by atoms with Gasteiger partial charge < -0.3 is 9.30 Å². The van der Waals surface area contributed by atoms with Crippen molar-refractivity contribution in [2.45, 2.75) is 6.18 Å². The summed E-state index contributed by atoms with van der Waals surface area (Å²) < 4.78 is 39.7. The number of amides is 2. The molecule has 4 heterocycles. The fourth-order valence-corrected chi connectivity index (χ4v) is 3.08. The molecule has 2 aliphatic heterocycles. The highest BCUT2D eigenvalue weighted by Crippen LogP contribution is 2.34. The number of carbonyl (C=O) groups excluding carboxylic acids is 2. The maximum Gasteiger partial charge on any atom is 0.434 e. The van der Waals surface area contributed by atoms with Crippen LogP contribution in [0.2, 0.25) is 0 Å². The van der Waals surface area contributed by atoms with Crippen LogP contribution in [-0.2, 0) is 15.8 Å². The minimum atomic E-state index is -4.55. The third kappa shape index (κ3) is 2.05. The van der Waals surface area contributed by atoms with E-state index in [-0.39, 0.29) is 36.4 Å². The van der Waals surface area contributed by atoms with E-state index in [1.165, 1.54) is 16.8 Å². The second-order valence-electron chi connectivity index (χ2n) is 5.58. The lowest BCUT2D eigenvalue weighted by Gasteiger charge is -2.18. The first kappa shape index (κ1) is 14.0. The van der Waals surface area contributed by atoms with Crippen molar-refractivity contribution < 1.29 is 22.8 Å². The summed E-state index contributed by atoms with van der Waals surface area (Å²) in [4.78, 5) is 32.7. The van der Waals surface area contributed by atoms with Crippen molar-refractivity contribution in [2.75, 3.05) is 18.0 Å². The Morgan fingerprint density at radius 2 is 1.83 bits per heavy atom. The zero-order valence-electron chi connectivity index (χ0n) is 11.5. The molecule has 2 fully saturated rings. The number of nitrogens with zero attached hydrogens (tertiary/aromatic N) is 4. The molecule has 7 nitrogen and oxygen atoms in total. The smallest absolute Gasteiger partial charge is 0.352 e. The van der Waals surface area contributed by atoms with Crippen molar-refractivity contribution in [3.63, 3.8) is 0 Å². The molecular weight excluding hydrogens is 315 g/mol. The minimum absolute atomic E-state index is 0.0488. The van der Waals surface area contributed by atoms with Gasteiger partial charge in [0.05, 0.1) is 11.8 Å². The van der Waals surface area contributed by atoms with Crippen molar-refractivity contribution in [2.24, 2.45) is 11.8 Å². The van der Waals surface area contributed by atoms with Gasteiger partial charge in [0.15, 0.2) is 17.2 Å². The van der Waals surface area contributed by atoms with Gasteiger partial charge in [-0.05, 0) is 0 Å². The summed E-state index contributed by atoms with van der Waals surface area (Å²) in [5, 5.41) is 2.26. The molecule has 0 aromatic carbocycles. The average Bonchev–Trinajstić information content (AvgIpc) is 3.15. The molecule has 2 atom stereocenters. The molecule has 23 heavy (non-hydrogen) atoms. The van der Waals surface area contributed by atoms with Gasteiger partial charge >= 0.3 is 6.18 Å². The molecule has 0 saturated carbocycles. The number of imidazole rings is 1. The lowest BCUT2D eigenvalue weighted by molar-refractivity contribution is -0.140. The number of aromatic nitrogens is 3. The number of nitrogens with one attached hydrogen (secondary N) is 1. The predicted octanol–water partition coefficient (Wildman–Crippen LogP) is 0.457. The zero-order chi connectivity index (χ0) is 16.4. The molecular formula is C13H10F3N5O2. The molecule has 0 aliphatic carbocycles. The number of carbonyl (C=O) groups is 2. The minimum Gasteiger partial charge on any atom is -0.352 e. The van der Waals surface area contributed by atoms with Crippen LogP contribution >= 0.6 is 0 Å². The Morgan fingerprint density at radius 3 is 2.43 bits per heavy atom. The number of fused-ring (bicyclic) bond motifs is 2. The molecule has 2 saturated heterocycles. The topological polar surface area (TPSA) is 79.6 Å². The van der Waals surface area contributed by atoms with E-state index >= 15 is 0 Å². The van der Waals surface area contributed by atoms with Crippen molar-refractivity contribution in [1.29, 1.82) is 0 Å². The Labute approximate surface area is 127 Å². The summed E-state index contributed by atoms with van der Waals surface area (Å²) in [6, 6.07) is 0. The van der Waals surface area contributed by atoms with Gasteiger partial charge in [0.2, 0.25) is 11.8 Å². The molecule has 0 spiro atoms. The summed E-state index contributed by atoms with van der Waals surface area (Å²) in [6.07, 6.45) is -0.939. The number of rotatable bonds is 1. The van der Waals surface area contributed by atoms with Gasteiger partial charge in [0, 0.05) is 31.7 Å². The predicted molar refractivity (Wildman–Crippen MR) is 70.3 cm³/mol. The van der Waals surface area contributed by atoms with E-state index in [9.17, 15) is 22.8 Å². The molecule has 0 radical (unpaired) electrons. The zero-order valence-corrected chi connectivity index (χ0v) is 11.5. The van der Waals surface area contributed by atoms with Gasteiger partial charge in [-0.15, -0.1) is 0 Å². The fraction of sp³-hybridized carbons (Fsp3) is 0.385. The average molecular weight is 325 g/mol. The van der Waals surface area contributed by atoms with E-state index in [0.717, 1.165) is 6.20 Å². The number of anilines is 1. The summed E-state index contributed by atoms with van der Waals surface area (Å²) >= 11 is 0. The van der Waals surface area contributed by atoms with E-state index < -0.39 is 23.7 Å². The largest absolute Gasteiger partial charge is 0.434 e. The quantitative estimate of drug-likeness (QED) is 0.771. The first-order chi connectivity index (χ1) is 10.8. The lowest BCUT2D eigenvalue weighted by atomic mass is 10.00. The molecule has 120 valence electrons. The van der Waals surface area contributed by atoms with Crippen LogP contribution in [0.3, 0.4) is 0 Å². The lowest BCUT2D eigenvalue weighted by Crippen LogP contribution is -2.32. The molecule has 2 unspecified atom stereocenters. The molecule has 2 amide bonds. The second kappa shape index (κ2) is 4.43. The summed E-state index contributed by atoms with van der Waals surface area (Å²) in [6.45, 7) is 0.451. The summed E-state index contributed by atoms with van der Waals surface area (Å²) in [5.41, 5.74) is -0.965. The highest BCUT2D eigenvalue weighted by atomic mass is 19.4. The summed E-state index contributed by atoms with van der Waals surface area (Å²) in [5.74, 6) is -1.47. The first-order valence-electron chi connectivity index (χ1n) is 6.85. The number of halogens is 3. The van der Waals surface area contributed by atoms with E-state index in [1.807, 2.05) is 0 Å². The van der Waals surface area contributed by atoms with Crippen LogP contribution in [0.25, 0.3) is 5.65 Å². The standard InChI is InChI=1S/C13H10F3N5O2/c14-13(15,16)8-5-20-2-1-17-9(10(20)18-8)21-3-6-7(4-21)12(23)19-11(6)22/h1-2,5-7H,3-4H2,(H,19,22,23). The number of hydrogen-bond acceptors (Lipinski definition) is 5. The second-order valence-corrected chi connectivity index (χ2v) is 5.58. The molecule has 2 aromatic rings.